The predicted octanol–water partition coefficient (Wildman–Crippen LogP) is 8.45. The highest BCUT2D eigenvalue weighted by Gasteiger charge is 2.39. The van der Waals surface area contributed by atoms with Crippen LogP contribution in [0.2, 0.25) is 18.1 Å². The van der Waals surface area contributed by atoms with Crippen LogP contribution in [0.15, 0.2) is 97.1 Å². The molecule has 190 valence electrons. The van der Waals surface area contributed by atoms with Gasteiger partial charge in [-0.2, -0.15) is 0 Å². The second-order valence-electron chi connectivity index (χ2n) is 10.9. The van der Waals surface area contributed by atoms with Gasteiger partial charge >= 0.3 is 0 Å². The van der Waals surface area contributed by atoms with Gasteiger partial charge < -0.3 is 9.33 Å². The summed E-state index contributed by atoms with van der Waals surface area (Å²) in [6, 6.07) is 30.8. The van der Waals surface area contributed by atoms with Crippen molar-refractivity contribution in [3.63, 3.8) is 0 Å². The summed E-state index contributed by atoms with van der Waals surface area (Å²) in [6.07, 6.45) is 4.28. The molecule has 0 aromatic heterocycles. The van der Waals surface area contributed by atoms with Gasteiger partial charge in [0.15, 0.2) is 0 Å². The third-order valence-electron chi connectivity index (χ3n) is 6.94. The summed E-state index contributed by atoms with van der Waals surface area (Å²) in [5, 5.41) is 0.117. The monoisotopic (exact) mass is 499 g/mol. The van der Waals surface area contributed by atoms with E-state index in [0.717, 1.165) is 35.3 Å². The van der Waals surface area contributed by atoms with E-state index in [4.69, 9.17) is 4.43 Å². The van der Waals surface area contributed by atoms with Gasteiger partial charge in [-0.05, 0) is 48.2 Å². The fourth-order valence-corrected chi connectivity index (χ4v) is 4.79. The molecule has 0 saturated carbocycles. The average Bonchev–Trinajstić information content (AvgIpc) is 2.86. The van der Waals surface area contributed by atoms with Crippen molar-refractivity contribution in [2.24, 2.45) is 0 Å². The molecule has 4 heteroatoms. The van der Waals surface area contributed by atoms with Gasteiger partial charge in [-0.25, -0.2) is 0 Å². The number of amides is 1. The van der Waals surface area contributed by atoms with Crippen LogP contribution >= 0.6 is 0 Å². The van der Waals surface area contributed by atoms with E-state index in [1.807, 2.05) is 59.5 Å². The molecule has 1 amide bonds. The Balaban J connectivity index is 1.68. The molecule has 0 heterocycles. The molecule has 0 radical (unpaired) electrons. The molecule has 0 aliphatic heterocycles. The number of carbonyl (C=O) groups is 1. The van der Waals surface area contributed by atoms with Gasteiger partial charge in [-0.15, -0.1) is 0 Å². The topological polar surface area (TPSA) is 29.5 Å². The molecule has 0 unspecified atom stereocenters. The van der Waals surface area contributed by atoms with Crippen LogP contribution in [0.3, 0.4) is 0 Å². The lowest BCUT2D eigenvalue weighted by Crippen LogP contribution is -2.40. The Morgan fingerprint density at radius 1 is 0.806 bits per heavy atom. The summed E-state index contributed by atoms with van der Waals surface area (Å²) < 4.78 is 6.71. The first-order valence-corrected chi connectivity index (χ1v) is 15.9. The third-order valence-corrected chi connectivity index (χ3v) is 11.3. The van der Waals surface area contributed by atoms with Gasteiger partial charge in [0.25, 0.3) is 0 Å². The molecule has 36 heavy (non-hydrogen) atoms. The van der Waals surface area contributed by atoms with Crippen molar-refractivity contribution < 1.29 is 9.22 Å². The molecule has 0 fully saturated rings. The number of nitrogens with zero attached hydrogens (tertiary/aromatic N) is 1. The zero-order chi connectivity index (χ0) is 26.0. The molecule has 0 spiro atoms. The fraction of sp³-hybridized carbons (Fsp3) is 0.344. The van der Waals surface area contributed by atoms with Crippen molar-refractivity contribution >= 4 is 20.0 Å². The highest BCUT2D eigenvalue weighted by molar-refractivity contribution is 6.74. The van der Waals surface area contributed by atoms with E-state index < -0.39 is 8.32 Å². The molecule has 3 nitrogen and oxygen atoms in total. The number of rotatable bonds is 11. The largest absolute Gasteiger partial charge is 0.543 e. The average molecular weight is 500 g/mol. The van der Waals surface area contributed by atoms with Crippen molar-refractivity contribution in [2.75, 3.05) is 0 Å². The minimum atomic E-state index is -1.98. The van der Waals surface area contributed by atoms with Crippen LogP contribution in [0.25, 0.3) is 5.76 Å². The summed E-state index contributed by atoms with van der Waals surface area (Å²) in [6.45, 7) is 12.6. The Hall–Kier alpha value is -3.11. The van der Waals surface area contributed by atoms with Crippen LogP contribution in [-0.4, -0.2) is 19.1 Å². The Labute approximate surface area is 219 Å². The van der Waals surface area contributed by atoms with Crippen LogP contribution < -0.4 is 0 Å². The Kier molecular flexibility index (Phi) is 9.71. The Morgan fingerprint density at radius 3 is 1.75 bits per heavy atom. The summed E-state index contributed by atoms with van der Waals surface area (Å²) in [7, 11) is -1.98. The van der Waals surface area contributed by atoms with E-state index in [1.165, 1.54) is 0 Å². The molecule has 3 aromatic carbocycles. The number of allylic oxidation sites excluding steroid dienone is 1. The Bertz CT molecular complexity index is 1060. The van der Waals surface area contributed by atoms with Crippen molar-refractivity contribution in [3.05, 3.63) is 114 Å². The third kappa shape index (κ3) is 8.23. The first kappa shape index (κ1) is 27.5. The fourth-order valence-electron chi connectivity index (χ4n) is 3.73. The first-order valence-electron chi connectivity index (χ1n) is 13.0. The molecule has 3 rings (SSSR count). The summed E-state index contributed by atoms with van der Waals surface area (Å²) in [5.41, 5.74) is 3.40. The highest BCUT2D eigenvalue weighted by Crippen LogP contribution is 2.39. The van der Waals surface area contributed by atoms with Gasteiger partial charge in [0.2, 0.25) is 14.2 Å². The molecule has 0 aliphatic rings. The molecule has 0 saturated heterocycles. The molecular formula is C32H41NO2Si. The molecule has 0 aliphatic carbocycles. The lowest BCUT2D eigenvalue weighted by atomic mass is 10.1. The maximum atomic E-state index is 13.3. The van der Waals surface area contributed by atoms with Crippen LogP contribution in [0.1, 0.15) is 56.7 Å². The standard InChI is InChI=1S/C32H41NO2Si/c1-32(2,3)36(4,5)35-30(29-21-13-8-14-22-29)23-15-16-24-31(34)33(25-27-17-9-6-10-18-27)26-28-19-11-7-12-20-28/h6-14,17-23H,15-16,24-26H2,1-5H3/b30-23+. The number of carbonyl (C=O) groups excluding carboxylic acids is 1. The maximum Gasteiger partial charge on any atom is 0.250 e. The van der Waals surface area contributed by atoms with E-state index in [0.29, 0.717) is 19.5 Å². The van der Waals surface area contributed by atoms with Gasteiger partial charge in [0.1, 0.15) is 5.76 Å². The van der Waals surface area contributed by atoms with E-state index in [9.17, 15) is 4.79 Å². The smallest absolute Gasteiger partial charge is 0.250 e. The van der Waals surface area contributed by atoms with Crippen molar-refractivity contribution in [3.8, 4) is 0 Å². The van der Waals surface area contributed by atoms with Crippen molar-refractivity contribution in [1.82, 2.24) is 4.90 Å². The molecule has 0 bridgehead atoms. The van der Waals surface area contributed by atoms with E-state index in [-0.39, 0.29) is 10.9 Å². The number of hydrogen-bond donors (Lipinski definition) is 0. The normalized spacial score (nSPS) is 12.3. The van der Waals surface area contributed by atoms with Gasteiger partial charge in [-0.3, -0.25) is 4.79 Å². The second-order valence-corrected chi connectivity index (χ2v) is 15.6. The highest BCUT2D eigenvalue weighted by atomic mass is 28.4. The predicted molar refractivity (Wildman–Crippen MR) is 154 cm³/mol. The SMILES string of the molecule is CC(C)(C)[Si](C)(C)O/C(=C/CCCC(=O)N(Cc1ccccc1)Cc1ccccc1)c1ccccc1. The van der Waals surface area contributed by atoms with E-state index in [2.05, 4.69) is 76.3 Å². The van der Waals surface area contributed by atoms with E-state index >= 15 is 0 Å². The maximum absolute atomic E-state index is 13.3. The molecule has 3 aromatic rings. The van der Waals surface area contributed by atoms with Crippen LogP contribution in [0, 0.1) is 0 Å². The lowest BCUT2D eigenvalue weighted by Gasteiger charge is -2.37. The van der Waals surface area contributed by atoms with Gasteiger partial charge in [-0.1, -0.05) is 112 Å². The van der Waals surface area contributed by atoms with Crippen LogP contribution in [0.5, 0.6) is 0 Å². The van der Waals surface area contributed by atoms with Gasteiger partial charge in [0, 0.05) is 25.1 Å². The number of hydrogen-bond acceptors (Lipinski definition) is 2. The quantitative estimate of drug-likeness (QED) is 0.150. The van der Waals surface area contributed by atoms with Crippen LogP contribution in [0.4, 0.5) is 0 Å². The molecule has 0 atom stereocenters. The zero-order valence-electron chi connectivity index (χ0n) is 22.5. The molecule has 0 N–H and O–H groups in total. The minimum absolute atomic E-state index is 0.117. The first-order chi connectivity index (χ1) is 17.2. The number of benzene rings is 3. The Morgan fingerprint density at radius 2 is 1.28 bits per heavy atom. The second kappa shape index (κ2) is 12.7. The van der Waals surface area contributed by atoms with Gasteiger partial charge in [0.05, 0.1) is 0 Å². The van der Waals surface area contributed by atoms with Crippen LogP contribution in [-0.2, 0) is 22.3 Å². The minimum Gasteiger partial charge on any atom is -0.543 e. The zero-order valence-corrected chi connectivity index (χ0v) is 23.5. The van der Waals surface area contributed by atoms with Crippen molar-refractivity contribution in [2.45, 2.75) is 71.3 Å². The summed E-state index contributed by atoms with van der Waals surface area (Å²) in [5.74, 6) is 1.13. The van der Waals surface area contributed by atoms with E-state index in [1.54, 1.807) is 0 Å². The summed E-state index contributed by atoms with van der Waals surface area (Å²) >= 11 is 0. The lowest BCUT2D eigenvalue weighted by molar-refractivity contribution is -0.132. The van der Waals surface area contributed by atoms with Crippen molar-refractivity contribution in [1.29, 1.82) is 0 Å². The molecular weight excluding hydrogens is 458 g/mol. The summed E-state index contributed by atoms with van der Waals surface area (Å²) in [4.78, 5) is 15.3. The number of unbranched alkanes of at least 4 members (excludes halogenated alkanes) is 1.